The number of ether oxygens (including phenoxy) is 1. The predicted octanol–water partition coefficient (Wildman–Crippen LogP) is 1.14. The molecule has 1 aliphatic rings. The molecule has 28 heavy (non-hydrogen) atoms. The highest BCUT2D eigenvalue weighted by molar-refractivity contribution is 7.07. The van der Waals surface area contributed by atoms with Gasteiger partial charge in [0.15, 0.2) is 4.80 Å². The summed E-state index contributed by atoms with van der Waals surface area (Å²) < 4.78 is 8.76. The number of nitrogens with zero attached hydrogens (tertiary/aromatic N) is 4. The van der Waals surface area contributed by atoms with Gasteiger partial charge in [-0.05, 0) is 18.6 Å². The average molecular weight is 394 g/mol. The summed E-state index contributed by atoms with van der Waals surface area (Å²) in [7, 11) is 3.15. The lowest BCUT2D eigenvalue weighted by atomic mass is 9.96. The van der Waals surface area contributed by atoms with Gasteiger partial charge in [-0.3, -0.25) is 14.0 Å². The zero-order valence-electron chi connectivity index (χ0n) is 15.6. The van der Waals surface area contributed by atoms with E-state index in [0.717, 1.165) is 11.1 Å². The molecule has 1 atom stereocenters. The topological polar surface area (TPSA) is 78.5 Å². The van der Waals surface area contributed by atoms with Crippen LogP contribution in [0.2, 0.25) is 0 Å². The number of fused-ring (bicyclic) bond motifs is 1. The molecule has 0 saturated carbocycles. The summed E-state index contributed by atoms with van der Waals surface area (Å²) in [5.41, 5.74) is 2.37. The maximum atomic E-state index is 13.3. The number of benzene rings is 1. The molecule has 0 saturated heterocycles. The minimum Gasteiger partial charge on any atom is -0.466 e. The summed E-state index contributed by atoms with van der Waals surface area (Å²) >= 11 is 1.29. The Morgan fingerprint density at radius 1 is 1.29 bits per heavy atom. The molecule has 7 nitrogen and oxygen atoms in total. The number of carbonyl (C=O) groups is 1. The van der Waals surface area contributed by atoms with E-state index >= 15 is 0 Å². The van der Waals surface area contributed by atoms with Gasteiger partial charge in [0, 0.05) is 18.8 Å². The Hall–Kier alpha value is -3.26. The van der Waals surface area contributed by atoms with Gasteiger partial charge >= 0.3 is 5.97 Å². The standard InChI is InChI=1S/C20H18N4O3S/c1-12-16(19(26)27-3)17(14-7-5-4-6-8-14)24-18(25)15(28-20(24)22-12)9-13-10-21-23(2)11-13/h4-11,17H,1-3H3/b15-9+/t17-/m0/s1. The summed E-state index contributed by atoms with van der Waals surface area (Å²) in [6.45, 7) is 1.76. The Morgan fingerprint density at radius 3 is 2.68 bits per heavy atom. The Bertz CT molecular complexity index is 1260. The minimum atomic E-state index is -0.582. The van der Waals surface area contributed by atoms with E-state index in [1.807, 2.05) is 43.6 Å². The SMILES string of the molecule is COC(=O)C1=C(C)N=c2s/c(=C/c3cnn(C)c3)c(=O)n2[C@H]1c1ccccc1. The number of hydrogen-bond donors (Lipinski definition) is 0. The van der Waals surface area contributed by atoms with Crippen LogP contribution in [0.1, 0.15) is 24.1 Å². The summed E-state index contributed by atoms with van der Waals surface area (Å²) in [6, 6.07) is 8.86. The Balaban J connectivity index is 1.99. The molecule has 3 heterocycles. The van der Waals surface area contributed by atoms with E-state index in [-0.39, 0.29) is 5.56 Å². The van der Waals surface area contributed by atoms with Crippen LogP contribution < -0.4 is 14.9 Å². The number of rotatable bonds is 3. The molecule has 3 aromatic rings. The number of aromatic nitrogens is 3. The molecule has 0 aliphatic carbocycles. The molecular formula is C20H18N4O3S. The molecule has 0 radical (unpaired) electrons. The van der Waals surface area contributed by atoms with E-state index in [1.165, 1.54) is 18.4 Å². The van der Waals surface area contributed by atoms with Crippen LogP contribution >= 0.6 is 11.3 Å². The van der Waals surface area contributed by atoms with Crippen LogP contribution in [0, 0.1) is 0 Å². The first-order valence-electron chi connectivity index (χ1n) is 8.64. The van der Waals surface area contributed by atoms with E-state index in [9.17, 15) is 9.59 Å². The molecule has 0 N–H and O–H groups in total. The number of aryl methyl sites for hydroxylation is 1. The summed E-state index contributed by atoms with van der Waals surface area (Å²) in [6.07, 6.45) is 5.31. The van der Waals surface area contributed by atoms with Crippen LogP contribution in [0.5, 0.6) is 0 Å². The van der Waals surface area contributed by atoms with Crippen molar-refractivity contribution >= 4 is 23.4 Å². The molecule has 0 bridgehead atoms. The fourth-order valence-corrected chi connectivity index (χ4v) is 4.36. The van der Waals surface area contributed by atoms with Crippen molar-refractivity contribution in [2.24, 2.45) is 12.0 Å². The van der Waals surface area contributed by atoms with Crippen molar-refractivity contribution < 1.29 is 9.53 Å². The molecule has 142 valence electrons. The van der Waals surface area contributed by atoms with Gasteiger partial charge in [0.05, 0.1) is 35.2 Å². The highest BCUT2D eigenvalue weighted by Gasteiger charge is 2.32. The van der Waals surface area contributed by atoms with E-state index < -0.39 is 12.0 Å². The second kappa shape index (κ2) is 7.05. The number of esters is 1. The van der Waals surface area contributed by atoms with Crippen LogP contribution in [0.25, 0.3) is 6.08 Å². The van der Waals surface area contributed by atoms with E-state index in [0.29, 0.717) is 20.6 Å². The van der Waals surface area contributed by atoms with Crippen molar-refractivity contribution in [3.63, 3.8) is 0 Å². The lowest BCUT2D eigenvalue weighted by molar-refractivity contribution is -0.136. The number of allylic oxidation sites excluding steroid dienone is 1. The summed E-state index contributed by atoms with van der Waals surface area (Å²) in [4.78, 5) is 30.8. The first-order chi connectivity index (χ1) is 13.5. The molecule has 1 aromatic carbocycles. The van der Waals surface area contributed by atoms with Gasteiger partial charge in [-0.15, -0.1) is 0 Å². The van der Waals surface area contributed by atoms with Gasteiger partial charge in [-0.25, -0.2) is 9.79 Å². The Kier molecular flexibility index (Phi) is 4.56. The maximum Gasteiger partial charge on any atom is 0.338 e. The molecular weight excluding hydrogens is 376 g/mol. The van der Waals surface area contributed by atoms with Gasteiger partial charge in [0.1, 0.15) is 0 Å². The third kappa shape index (κ3) is 3.01. The van der Waals surface area contributed by atoms with Gasteiger partial charge in [0.2, 0.25) is 0 Å². The number of methoxy groups -OCH3 is 1. The average Bonchev–Trinajstić information content (AvgIpc) is 3.24. The van der Waals surface area contributed by atoms with E-state index in [4.69, 9.17) is 4.74 Å². The monoisotopic (exact) mass is 394 g/mol. The molecule has 0 amide bonds. The Labute approximate surface area is 164 Å². The lowest BCUT2D eigenvalue weighted by Crippen LogP contribution is -2.39. The zero-order valence-corrected chi connectivity index (χ0v) is 16.4. The molecule has 0 unspecified atom stereocenters. The molecule has 2 aromatic heterocycles. The molecule has 8 heteroatoms. The number of thiazole rings is 1. The smallest absolute Gasteiger partial charge is 0.338 e. The Morgan fingerprint density at radius 2 is 2.04 bits per heavy atom. The van der Waals surface area contributed by atoms with Crippen LogP contribution in [0.4, 0.5) is 0 Å². The minimum absolute atomic E-state index is 0.199. The number of carbonyl (C=O) groups excluding carboxylic acids is 1. The third-order valence-electron chi connectivity index (χ3n) is 4.56. The van der Waals surface area contributed by atoms with Crippen molar-refractivity contribution in [2.75, 3.05) is 7.11 Å². The summed E-state index contributed by atoms with van der Waals surface area (Å²) in [5.74, 6) is -0.489. The van der Waals surface area contributed by atoms with Gasteiger partial charge in [-0.1, -0.05) is 41.7 Å². The van der Waals surface area contributed by atoms with Crippen molar-refractivity contribution in [2.45, 2.75) is 13.0 Å². The third-order valence-corrected chi connectivity index (χ3v) is 5.55. The van der Waals surface area contributed by atoms with E-state index in [2.05, 4.69) is 10.1 Å². The van der Waals surface area contributed by atoms with Crippen LogP contribution in [-0.4, -0.2) is 27.4 Å². The quantitative estimate of drug-likeness (QED) is 0.624. The molecule has 0 fully saturated rings. The number of hydrogen-bond acceptors (Lipinski definition) is 6. The second-order valence-electron chi connectivity index (χ2n) is 6.43. The van der Waals surface area contributed by atoms with Gasteiger partial charge in [-0.2, -0.15) is 5.10 Å². The first-order valence-corrected chi connectivity index (χ1v) is 9.45. The highest BCUT2D eigenvalue weighted by Crippen LogP contribution is 2.30. The van der Waals surface area contributed by atoms with Crippen molar-refractivity contribution in [3.8, 4) is 0 Å². The van der Waals surface area contributed by atoms with Gasteiger partial charge < -0.3 is 4.74 Å². The molecule has 1 aliphatic heterocycles. The lowest BCUT2D eigenvalue weighted by Gasteiger charge is -2.24. The zero-order chi connectivity index (χ0) is 19.8. The summed E-state index contributed by atoms with van der Waals surface area (Å²) in [5, 5.41) is 4.13. The van der Waals surface area contributed by atoms with Crippen molar-refractivity contribution in [3.05, 3.63) is 84.8 Å². The highest BCUT2D eigenvalue weighted by atomic mass is 32.1. The largest absolute Gasteiger partial charge is 0.466 e. The second-order valence-corrected chi connectivity index (χ2v) is 7.44. The van der Waals surface area contributed by atoms with E-state index in [1.54, 1.807) is 28.4 Å². The van der Waals surface area contributed by atoms with Crippen LogP contribution in [0.15, 0.2) is 63.8 Å². The van der Waals surface area contributed by atoms with Crippen LogP contribution in [0.3, 0.4) is 0 Å². The maximum absolute atomic E-state index is 13.3. The van der Waals surface area contributed by atoms with Crippen molar-refractivity contribution in [1.82, 2.24) is 14.3 Å². The molecule has 4 rings (SSSR count). The fourth-order valence-electron chi connectivity index (χ4n) is 3.31. The fraction of sp³-hybridized carbons (Fsp3) is 0.200. The van der Waals surface area contributed by atoms with Crippen LogP contribution in [-0.2, 0) is 16.6 Å². The normalized spacial score (nSPS) is 16.7. The molecule has 0 spiro atoms. The predicted molar refractivity (Wildman–Crippen MR) is 105 cm³/mol. The van der Waals surface area contributed by atoms with Gasteiger partial charge in [0.25, 0.3) is 5.56 Å². The van der Waals surface area contributed by atoms with Crippen molar-refractivity contribution in [1.29, 1.82) is 0 Å². The first kappa shape index (κ1) is 18.1.